The summed E-state index contributed by atoms with van der Waals surface area (Å²) in [6, 6.07) is 11.7. The van der Waals surface area contributed by atoms with Crippen LogP contribution in [0, 0.1) is 20.8 Å². The molecule has 0 aliphatic rings. The van der Waals surface area contributed by atoms with Crippen LogP contribution >= 0.6 is 11.8 Å². The molecule has 5 nitrogen and oxygen atoms in total. The normalized spacial score (nSPS) is 10.8. The van der Waals surface area contributed by atoms with Crippen LogP contribution in [0.3, 0.4) is 0 Å². The molecule has 0 atom stereocenters. The summed E-state index contributed by atoms with van der Waals surface area (Å²) in [4.78, 5) is 17.3. The van der Waals surface area contributed by atoms with Crippen molar-refractivity contribution in [2.24, 2.45) is 0 Å². The third-order valence-corrected chi connectivity index (χ3v) is 5.54. The number of aromatic nitrogens is 1. The summed E-state index contributed by atoms with van der Waals surface area (Å²) in [5.41, 5.74) is 5.00. The maximum absolute atomic E-state index is 12.5. The second-order valence-corrected chi connectivity index (χ2v) is 7.63. The number of hydrogen-bond donors (Lipinski definition) is 1. The average molecular weight is 397 g/mol. The van der Waals surface area contributed by atoms with Crippen LogP contribution in [0.15, 0.2) is 41.4 Å². The van der Waals surface area contributed by atoms with Gasteiger partial charge < -0.3 is 14.8 Å². The quantitative estimate of drug-likeness (QED) is 0.600. The highest BCUT2D eigenvalue weighted by molar-refractivity contribution is 8.00. The van der Waals surface area contributed by atoms with E-state index in [-0.39, 0.29) is 11.7 Å². The van der Waals surface area contributed by atoms with E-state index >= 15 is 0 Å². The lowest BCUT2D eigenvalue weighted by Gasteiger charge is -2.12. The second-order valence-electron chi connectivity index (χ2n) is 6.66. The van der Waals surface area contributed by atoms with Gasteiger partial charge in [0.05, 0.1) is 31.2 Å². The smallest absolute Gasteiger partial charge is 0.234 e. The van der Waals surface area contributed by atoms with Gasteiger partial charge in [0.25, 0.3) is 0 Å². The second kappa shape index (κ2) is 8.52. The first kappa shape index (κ1) is 20.0. The van der Waals surface area contributed by atoms with Crippen LogP contribution in [0.5, 0.6) is 11.5 Å². The Balaban J connectivity index is 1.75. The van der Waals surface area contributed by atoms with Gasteiger partial charge in [-0.05, 0) is 61.7 Å². The van der Waals surface area contributed by atoms with Crippen molar-refractivity contribution in [3.05, 3.63) is 53.1 Å². The van der Waals surface area contributed by atoms with Crippen LogP contribution in [-0.4, -0.2) is 30.9 Å². The summed E-state index contributed by atoms with van der Waals surface area (Å²) >= 11 is 1.43. The summed E-state index contributed by atoms with van der Waals surface area (Å²) in [5, 5.41) is 4.91. The van der Waals surface area contributed by atoms with Gasteiger partial charge in [-0.25, -0.2) is 4.98 Å². The minimum absolute atomic E-state index is 0.127. The molecule has 28 heavy (non-hydrogen) atoms. The number of carbonyl (C=O) groups is 1. The fourth-order valence-corrected chi connectivity index (χ4v) is 3.88. The van der Waals surface area contributed by atoms with Crippen molar-refractivity contribution < 1.29 is 14.3 Å². The number of methoxy groups -OCH3 is 2. The van der Waals surface area contributed by atoms with E-state index in [1.54, 1.807) is 32.4 Å². The van der Waals surface area contributed by atoms with Gasteiger partial charge in [0.15, 0.2) is 0 Å². The third kappa shape index (κ3) is 4.39. The lowest BCUT2D eigenvalue weighted by Crippen LogP contribution is -2.15. The monoisotopic (exact) mass is 396 g/mol. The molecule has 146 valence electrons. The minimum atomic E-state index is -0.127. The summed E-state index contributed by atoms with van der Waals surface area (Å²) in [7, 11) is 3.15. The molecule has 1 heterocycles. The van der Waals surface area contributed by atoms with Crippen molar-refractivity contribution in [2.75, 3.05) is 25.3 Å². The zero-order chi connectivity index (χ0) is 20.3. The van der Waals surface area contributed by atoms with Gasteiger partial charge in [-0.15, -0.1) is 0 Å². The van der Waals surface area contributed by atoms with Crippen molar-refractivity contribution in [3.63, 3.8) is 0 Å². The van der Waals surface area contributed by atoms with E-state index in [2.05, 4.69) is 37.4 Å². The number of nitrogens with zero attached hydrogens (tertiary/aromatic N) is 1. The molecule has 0 bridgehead atoms. The molecule has 0 saturated heterocycles. The topological polar surface area (TPSA) is 60.5 Å². The van der Waals surface area contributed by atoms with Gasteiger partial charge in [-0.1, -0.05) is 17.8 Å². The number of ether oxygens (including phenoxy) is 2. The number of hydrogen-bond acceptors (Lipinski definition) is 5. The van der Waals surface area contributed by atoms with Crippen LogP contribution in [0.2, 0.25) is 0 Å². The Morgan fingerprint density at radius 2 is 1.82 bits per heavy atom. The number of anilines is 1. The van der Waals surface area contributed by atoms with E-state index in [0.29, 0.717) is 17.2 Å². The number of rotatable bonds is 6. The van der Waals surface area contributed by atoms with E-state index < -0.39 is 0 Å². The predicted molar refractivity (Wildman–Crippen MR) is 115 cm³/mol. The van der Waals surface area contributed by atoms with Crippen molar-refractivity contribution in [1.82, 2.24) is 4.98 Å². The van der Waals surface area contributed by atoms with Crippen LogP contribution in [0.4, 0.5) is 5.69 Å². The molecule has 1 N–H and O–H groups in total. The van der Waals surface area contributed by atoms with Crippen LogP contribution in [0.1, 0.15) is 16.7 Å². The molecule has 6 heteroatoms. The number of thioether (sulfide) groups is 1. The molecule has 0 radical (unpaired) electrons. The van der Waals surface area contributed by atoms with E-state index in [1.165, 1.54) is 22.9 Å². The molecule has 0 spiro atoms. The minimum Gasteiger partial charge on any atom is -0.497 e. The Kier molecular flexibility index (Phi) is 6.09. The molecule has 2 aromatic carbocycles. The predicted octanol–water partition coefficient (Wildman–Crippen LogP) is 4.91. The molecule has 0 aliphatic heterocycles. The first-order valence-corrected chi connectivity index (χ1v) is 9.93. The van der Waals surface area contributed by atoms with Crippen molar-refractivity contribution in [2.45, 2.75) is 25.8 Å². The first-order chi connectivity index (χ1) is 13.4. The molecular weight excluding hydrogens is 372 g/mol. The number of benzene rings is 2. The fraction of sp³-hybridized carbons (Fsp3) is 0.273. The van der Waals surface area contributed by atoms with Gasteiger partial charge in [-0.2, -0.15) is 0 Å². The highest BCUT2D eigenvalue weighted by atomic mass is 32.2. The molecule has 1 amide bonds. The molecule has 3 rings (SSSR count). The van der Waals surface area contributed by atoms with Crippen molar-refractivity contribution in [1.29, 1.82) is 0 Å². The van der Waals surface area contributed by atoms with Crippen LogP contribution < -0.4 is 14.8 Å². The SMILES string of the molecule is COc1ccc(OC)c(NC(=O)CSc2nc3cc(C)cc(C)c3cc2C)c1. The fourth-order valence-electron chi connectivity index (χ4n) is 3.09. The molecule has 0 aliphatic carbocycles. The highest BCUT2D eigenvalue weighted by Gasteiger charge is 2.12. The zero-order valence-electron chi connectivity index (χ0n) is 16.8. The number of nitrogens with one attached hydrogen (secondary N) is 1. The molecule has 1 aromatic heterocycles. The van der Waals surface area contributed by atoms with Crippen molar-refractivity contribution in [3.8, 4) is 11.5 Å². The van der Waals surface area contributed by atoms with Crippen molar-refractivity contribution >= 4 is 34.3 Å². The number of carbonyl (C=O) groups excluding carboxylic acids is 1. The van der Waals surface area contributed by atoms with E-state index in [1.807, 2.05) is 6.92 Å². The lowest BCUT2D eigenvalue weighted by molar-refractivity contribution is -0.113. The van der Waals surface area contributed by atoms with Gasteiger partial charge in [0.2, 0.25) is 5.91 Å². The summed E-state index contributed by atoms with van der Waals surface area (Å²) in [6.45, 7) is 6.19. The van der Waals surface area contributed by atoms with Crippen LogP contribution in [0.25, 0.3) is 10.9 Å². The Bertz CT molecular complexity index is 1030. The lowest BCUT2D eigenvalue weighted by atomic mass is 10.1. The largest absolute Gasteiger partial charge is 0.497 e. The molecule has 0 fully saturated rings. The molecular formula is C22H24N2O3S. The Hall–Kier alpha value is -2.73. The molecule has 0 saturated carbocycles. The molecule has 3 aromatic rings. The van der Waals surface area contributed by atoms with Gasteiger partial charge >= 0.3 is 0 Å². The summed E-state index contributed by atoms with van der Waals surface area (Å²) < 4.78 is 10.5. The number of amides is 1. The standard InChI is InChI=1S/C22H24N2O3S/c1-13-8-14(2)17-10-15(3)22(24-18(17)9-13)28-12-21(25)23-19-11-16(26-4)6-7-20(19)27-5/h6-11H,12H2,1-5H3,(H,23,25). The van der Waals surface area contributed by atoms with Gasteiger partial charge in [0.1, 0.15) is 16.5 Å². The Labute approximate surface area is 169 Å². The maximum atomic E-state index is 12.5. The van der Waals surface area contributed by atoms with Crippen LogP contribution in [-0.2, 0) is 4.79 Å². The van der Waals surface area contributed by atoms with Gasteiger partial charge in [-0.3, -0.25) is 4.79 Å². The Morgan fingerprint density at radius 1 is 1.04 bits per heavy atom. The Morgan fingerprint density at radius 3 is 2.54 bits per heavy atom. The third-order valence-electron chi connectivity index (χ3n) is 4.45. The summed E-state index contributed by atoms with van der Waals surface area (Å²) in [6.07, 6.45) is 0. The number of pyridine rings is 1. The summed E-state index contributed by atoms with van der Waals surface area (Å²) in [5.74, 6) is 1.37. The zero-order valence-corrected chi connectivity index (χ0v) is 17.6. The number of fused-ring (bicyclic) bond motifs is 1. The van der Waals surface area contributed by atoms with E-state index in [4.69, 9.17) is 14.5 Å². The first-order valence-electron chi connectivity index (χ1n) is 8.94. The maximum Gasteiger partial charge on any atom is 0.234 e. The average Bonchev–Trinajstić information content (AvgIpc) is 2.67. The number of aryl methyl sites for hydroxylation is 3. The highest BCUT2D eigenvalue weighted by Crippen LogP contribution is 2.30. The van der Waals surface area contributed by atoms with E-state index in [9.17, 15) is 4.79 Å². The molecule has 0 unspecified atom stereocenters. The van der Waals surface area contributed by atoms with Gasteiger partial charge in [0, 0.05) is 11.5 Å². The van der Waals surface area contributed by atoms with E-state index in [0.717, 1.165) is 21.5 Å².